The number of anilines is 2. The van der Waals surface area contributed by atoms with Crippen LogP contribution in [0.4, 0.5) is 11.4 Å². The summed E-state index contributed by atoms with van der Waals surface area (Å²) in [6, 6.07) is 7.37. The number of benzene rings is 1. The lowest BCUT2D eigenvalue weighted by Crippen LogP contribution is -2.13. The Morgan fingerprint density at radius 2 is 2.05 bits per heavy atom. The molecule has 0 atom stereocenters. The number of aryl methyl sites for hydroxylation is 1. The van der Waals surface area contributed by atoms with Gasteiger partial charge in [0.2, 0.25) is 5.22 Å². The zero-order valence-corrected chi connectivity index (χ0v) is 11.8. The van der Waals surface area contributed by atoms with Gasteiger partial charge in [-0.2, -0.15) is 0 Å². The van der Waals surface area contributed by atoms with Crippen LogP contribution < -0.4 is 10.2 Å². The summed E-state index contributed by atoms with van der Waals surface area (Å²) >= 11 is 5.77. The number of hydrogen-bond acceptors (Lipinski definition) is 3. The summed E-state index contributed by atoms with van der Waals surface area (Å²) in [7, 11) is 3.94. The van der Waals surface area contributed by atoms with Gasteiger partial charge in [-0.1, -0.05) is 0 Å². The highest BCUT2D eigenvalue weighted by atomic mass is 35.5. The second-order valence-electron chi connectivity index (χ2n) is 4.46. The van der Waals surface area contributed by atoms with Crippen molar-refractivity contribution in [2.24, 2.45) is 0 Å². The van der Waals surface area contributed by atoms with Gasteiger partial charge in [0.1, 0.15) is 0 Å². The van der Waals surface area contributed by atoms with Crippen molar-refractivity contribution in [3.05, 3.63) is 46.9 Å². The molecule has 0 unspecified atom stereocenters. The van der Waals surface area contributed by atoms with Gasteiger partial charge in [0, 0.05) is 25.5 Å². The van der Waals surface area contributed by atoms with Crippen molar-refractivity contribution in [2.75, 3.05) is 24.3 Å². The molecule has 0 bridgehead atoms. The Bertz CT molecular complexity index is 605. The van der Waals surface area contributed by atoms with E-state index in [1.165, 1.54) is 6.26 Å². The molecule has 1 aromatic heterocycles. The SMILES string of the molecule is Cc1cc(N(C)C)ccc1NC(=O)c1ccoc1Cl. The summed E-state index contributed by atoms with van der Waals surface area (Å²) < 4.78 is 4.90. The van der Waals surface area contributed by atoms with Crippen LogP contribution in [0.1, 0.15) is 15.9 Å². The fourth-order valence-corrected chi connectivity index (χ4v) is 1.91. The molecule has 1 aromatic carbocycles. The van der Waals surface area contributed by atoms with E-state index in [1.54, 1.807) is 6.07 Å². The van der Waals surface area contributed by atoms with Gasteiger partial charge in [-0.05, 0) is 48.4 Å². The van der Waals surface area contributed by atoms with E-state index >= 15 is 0 Å². The summed E-state index contributed by atoms with van der Waals surface area (Å²) in [5.41, 5.74) is 3.15. The van der Waals surface area contributed by atoms with Crippen molar-refractivity contribution in [3.63, 3.8) is 0 Å². The topological polar surface area (TPSA) is 45.5 Å². The van der Waals surface area contributed by atoms with Gasteiger partial charge in [-0.3, -0.25) is 4.79 Å². The Hall–Kier alpha value is -1.94. The first-order valence-corrected chi connectivity index (χ1v) is 6.19. The fourth-order valence-electron chi connectivity index (χ4n) is 1.71. The number of carbonyl (C=O) groups excluding carboxylic acids is 1. The van der Waals surface area contributed by atoms with E-state index in [0.29, 0.717) is 5.56 Å². The number of nitrogens with zero attached hydrogens (tertiary/aromatic N) is 1. The van der Waals surface area contributed by atoms with Crippen LogP contribution in [0.3, 0.4) is 0 Å². The molecule has 0 aliphatic heterocycles. The van der Waals surface area contributed by atoms with E-state index in [1.807, 2.05) is 44.1 Å². The minimum atomic E-state index is -0.278. The molecule has 1 heterocycles. The zero-order chi connectivity index (χ0) is 14.0. The first kappa shape index (κ1) is 13.5. The molecule has 0 radical (unpaired) electrons. The fraction of sp³-hybridized carbons (Fsp3) is 0.214. The van der Waals surface area contributed by atoms with E-state index in [2.05, 4.69) is 5.32 Å². The quantitative estimate of drug-likeness (QED) is 0.934. The number of halogens is 1. The van der Waals surface area contributed by atoms with Crippen molar-refractivity contribution in [1.29, 1.82) is 0 Å². The van der Waals surface area contributed by atoms with Crippen LogP contribution in [-0.2, 0) is 0 Å². The predicted molar refractivity (Wildman–Crippen MR) is 77.2 cm³/mol. The van der Waals surface area contributed by atoms with E-state index in [4.69, 9.17) is 16.0 Å². The van der Waals surface area contributed by atoms with Crippen molar-refractivity contribution in [2.45, 2.75) is 6.92 Å². The lowest BCUT2D eigenvalue weighted by Gasteiger charge is -2.15. The Balaban J connectivity index is 2.20. The summed E-state index contributed by atoms with van der Waals surface area (Å²) in [6.45, 7) is 1.94. The van der Waals surface area contributed by atoms with Gasteiger partial charge in [0.05, 0.1) is 11.8 Å². The predicted octanol–water partition coefficient (Wildman–Crippen LogP) is 3.56. The molecule has 19 heavy (non-hydrogen) atoms. The summed E-state index contributed by atoms with van der Waals surface area (Å²) in [4.78, 5) is 14.0. The maximum absolute atomic E-state index is 12.0. The normalized spacial score (nSPS) is 10.3. The third-order valence-electron chi connectivity index (χ3n) is 2.84. The molecule has 0 aliphatic rings. The Morgan fingerprint density at radius 1 is 1.32 bits per heavy atom. The standard InChI is InChI=1S/C14H15ClN2O2/c1-9-8-10(17(2)3)4-5-12(9)16-14(18)11-6-7-19-13(11)15/h4-8H,1-3H3,(H,16,18). The number of rotatable bonds is 3. The molecule has 1 N–H and O–H groups in total. The molecule has 1 amide bonds. The van der Waals surface area contributed by atoms with Crippen LogP contribution in [0, 0.1) is 6.92 Å². The molecule has 0 aliphatic carbocycles. The number of furan rings is 1. The lowest BCUT2D eigenvalue weighted by molar-refractivity contribution is 0.102. The van der Waals surface area contributed by atoms with E-state index < -0.39 is 0 Å². The second kappa shape index (κ2) is 5.36. The molecule has 0 saturated heterocycles. The van der Waals surface area contributed by atoms with Gasteiger partial charge in [0.25, 0.3) is 5.91 Å². The van der Waals surface area contributed by atoms with E-state index in [0.717, 1.165) is 16.9 Å². The van der Waals surface area contributed by atoms with Gasteiger partial charge in [-0.15, -0.1) is 0 Å². The van der Waals surface area contributed by atoms with Crippen LogP contribution in [0.2, 0.25) is 5.22 Å². The minimum Gasteiger partial charge on any atom is -0.452 e. The minimum absolute atomic E-state index is 0.0973. The lowest BCUT2D eigenvalue weighted by atomic mass is 10.1. The number of carbonyl (C=O) groups is 1. The number of nitrogens with one attached hydrogen (secondary N) is 1. The van der Waals surface area contributed by atoms with Crippen LogP contribution in [0.5, 0.6) is 0 Å². The van der Waals surface area contributed by atoms with Gasteiger partial charge < -0.3 is 14.6 Å². The van der Waals surface area contributed by atoms with Crippen LogP contribution in [0.25, 0.3) is 0 Å². The number of hydrogen-bond donors (Lipinski definition) is 1. The molecule has 0 saturated carbocycles. The van der Waals surface area contributed by atoms with Gasteiger partial charge in [-0.25, -0.2) is 0 Å². The van der Waals surface area contributed by atoms with Crippen molar-refractivity contribution < 1.29 is 9.21 Å². The Kier molecular flexibility index (Phi) is 3.81. The monoisotopic (exact) mass is 278 g/mol. The van der Waals surface area contributed by atoms with Crippen LogP contribution in [-0.4, -0.2) is 20.0 Å². The van der Waals surface area contributed by atoms with Gasteiger partial charge >= 0.3 is 0 Å². The average Bonchev–Trinajstić information content (AvgIpc) is 2.77. The molecule has 0 fully saturated rings. The molecule has 0 spiro atoms. The molecule has 5 heteroatoms. The maximum atomic E-state index is 12.0. The third-order valence-corrected chi connectivity index (χ3v) is 3.13. The first-order valence-electron chi connectivity index (χ1n) is 5.81. The highest BCUT2D eigenvalue weighted by Gasteiger charge is 2.14. The molecule has 4 nitrogen and oxygen atoms in total. The maximum Gasteiger partial charge on any atom is 0.260 e. The smallest absolute Gasteiger partial charge is 0.260 e. The molecule has 2 aromatic rings. The number of amides is 1. The van der Waals surface area contributed by atoms with Crippen molar-refractivity contribution in [1.82, 2.24) is 0 Å². The molecular formula is C14H15ClN2O2. The Morgan fingerprint density at radius 3 is 2.58 bits per heavy atom. The third kappa shape index (κ3) is 2.90. The second-order valence-corrected chi connectivity index (χ2v) is 4.80. The van der Waals surface area contributed by atoms with Crippen LogP contribution >= 0.6 is 11.6 Å². The summed E-state index contributed by atoms with van der Waals surface area (Å²) in [6.07, 6.45) is 1.39. The average molecular weight is 279 g/mol. The Labute approximate surface area is 117 Å². The highest BCUT2D eigenvalue weighted by Crippen LogP contribution is 2.23. The van der Waals surface area contributed by atoms with Gasteiger partial charge in [0.15, 0.2) is 0 Å². The van der Waals surface area contributed by atoms with Crippen molar-refractivity contribution >= 4 is 28.9 Å². The highest BCUT2D eigenvalue weighted by molar-refractivity contribution is 6.32. The van der Waals surface area contributed by atoms with Crippen LogP contribution in [0.15, 0.2) is 34.9 Å². The molecular weight excluding hydrogens is 264 g/mol. The molecule has 2 rings (SSSR count). The molecule has 100 valence electrons. The van der Waals surface area contributed by atoms with E-state index in [-0.39, 0.29) is 11.1 Å². The zero-order valence-electron chi connectivity index (χ0n) is 11.0. The van der Waals surface area contributed by atoms with E-state index in [9.17, 15) is 4.79 Å². The largest absolute Gasteiger partial charge is 0.452 e. The van der Waals surface area contributed by atoms with Crippen molar-refractivity contribution in [3.8, 4) is 0 Å². The first-order chi connectivity index (χ1) is 8.99. The summed E-state index contributed by atoms with van der Waals surface area (Å²) in [5.74, 6) is -0.278. The summed E-state index contributed by atoms with van der Waals surface area (Å²) in [5, 5.41) is 2.91.